The molecular formula is C16H19NO2. The van der Waals surface area contributed by atoms with Crippen molar-refractivity contribution in [1.82, 2.24) is 0 Å². The van der Waals surface area contributed by atoms with Gasteiger partial charge in [0, 0.05) is 12.6 Å². The quantitative estimate of drug-likeness (QED) is 0.895. The molecule has 2 aromatic carbocycles. The molecule has 0 aliphatic heterocycles. The highest BCUT2D eigenvalue weighted by molar-refractivity contribution is 5.34. The zero-order valence-electron chi connectivity index (χ0n) is 11.3. The van der Waals surface area contributed by atoms with E-state index in [9.17, 15) is 0 Å². The van der Waals surface area contributed by atoms with Gasteiger partial charge in [-0.25, -0.2) is 0 Å². The largest absolute Gasteiger partial charge is 0.497 e. The Balaban J connectivity index is 2.16. The minimum atomic E-state index is -0.146. The monoisotopic (exact) mass is 257 g/mol. The van der Waals surface area contributed by atoms with Crippen LogP contribution in [0.3, 0.4) is 0 Å². The van der Waals surface area contributed by atoms with Crippen molar-refractivity contribution in [3.63, 3.8) is 0 Å². The minimum Gasteiger partial charge on any atom is -0.497 e. The first-order valence-electron chi connectivity index (χ1n) is 6.30. The second kappa shape index (κ2) is 6.25. The lowest BCUT2D eigenvalue weighted by Gasteiger charge is -2.18. The van der Waals surface area contributed by atoms with Crippen molar-refractivity contribution in [2.75, 3.05) is 13.7 Å². The Labute approximate surface area is 114 Å². The van der Waals surface area contributed by atoms with Gasteiger partial charge in [0.2, 0.25) is 0 Å². The van der Waals surface area contributed by atoms with Gasteiger partial charge in [-0.2, -0.15) is 0 Å². The number of benzene rings is 2. The van der Waals surface area contributed by atoms with Crippen LogP contribution in [-0.2, 0) is 0 Å². The second-order valence-electron chi connectivity index (χ2n) is 4.43. The van der Waals surface area contributed by atoms with E-state index in [1.807, 2.05) is 36.4 Å². The Bertz CT molecular complexity index is 523. The summed E-state index contributed by atoms with van der Waals surface area (Å²) in [6.07, 6.45) is -0.146. The first-order valence-corrected chi connectivity index (χ1v) is 6.30. The first kappa shape index (κ1) is 13.4. The van der Waals surface area contributed by atoms with E-state index in [1.165, 1.54) is 5.56 Å². The third kappa shape index (κ3) is 3.48. The van der Waals surface area contributed by atoms with Crippen LogP contribution in [0, 0.1) is 6.92 Å². The van der Waals surface area contributed by atoms with E-state index >= 15 is 0 Å². The normalized spacial score (nSPS) is 11.9. The number of nitrogens with two attached hydrogens (primary N) is 1. The fourth-order valence-electron chi connectivity index (χ4n) is 1.87. The van der Waals surface area contributed by atoms with Crippen LogP contribution in [-0.4, -0.2) is 13.7 Å². The lowest BCUT2D eigenvalue weighted by molar-refractivity contribution is 0.213. The molecule has 100 valence electrons. The van der Waals surface area contributed by atoms with Crippen molar-refractivity contribution in [2.45, 2.75) is 13.0 Å². The van der Waals surface area contributed by atoms with Crippen molar-refractivity contribution >= 4 is 0 Å². The molecule has 19 heavy (non-hydrogen) atoms. The highest BCUT2D eigenvalue weighted by Gasteiger charge is 2.11. The summed E-state index contributed by atoms with van der Waals surface area (Å²) in [7, 11) is 1.64. The van der Waals surface area contributed by atoms with Crippen LogP contribution in [0.1, 0.15) is 17.2 Å². The van der Waals surface area contributed by atoms with E-state index in [1.54, 1.807) is 7.11 Å². The van der Waals surface area contributed by atoms with E-state index in [0.29, 0.717) is 6.54 Å². The number of methoxy groups -OCH3 is 1. The maximum Gasteiger partial charge on any atom is 0.136 e. The maximum absolute atomic E-state index is 5.93. The van der Waals surface area contributed by atoms with Crippen LogP contribution < -0.4 is 15.2 Å². The lowest BCUT2D eigenvalue weighted by Crippen LogP contribution is -2.18. The van der Waals surface area contributed by atoms with Crippen molar-refractivity contribution in [3.8, 4) is 11.5 Å². The van der Waals surface area contributed by atoms with Crippen LogP contribution in [0.5, 0.6) is 11.5 Å². The van der Waals surface area contributed by atoms with E-state index in [-0.39, 0.29) is 6.10 Å². The fraction of sp³-hybridized carbons (Fsp3) is 0.250. The van der Waals surface area contributed by atoms with Gasteiger partial charge in [-0.15, -0.1) is 0 Å². The SMILES string of the molecule is COc1cccc(OC(CN)c2ccc(C)cc2)c1. The van der Waals surface area contributed by atoms with E-state index in [2.05, 4.69) is 19.1 Å². The average Bonchev–Trinajstić information content (AvgIpc) is 2.46. The molecule has 2 N–H and O–H groups in total. The molecule has 0 aliphatic rings. The summed E-state index contributed by atoms with van der Waals surface area (Å²) in [6, 6.07) is 15.8. The molecule has 0 aromatic heterocycles. The van der Waals surface area contributed by atoms with Crippen molar-refractivity contribution in [2.24, 2.45) is 5.73 Å². The Morgan fingerprint density at radius 1 is 1.05 bits per heavy atom. The first-order chi connectivity index (χ1) is 9.22. The van der Waals surface area contributed by atoms with Crippen molar-refractivity contribution < 1.29 is 9.47 Å². The molecule has 0 fully saturated rings. The topological polar surface area (TPSA) is 44.5 Å². The Morgan fingerprint density at radius 3 is 2.37 bits per heavy atom. The second-order valence-corrected chi connectivity index (χ2v) is 4.43. The highest BCUT2D eigenvalue weighted by atomic mass is 16.5. The number of aryl methyl sites for hydroxylation is 1. The Hall–Kier alpha value is -2.00. The molecule has 3 heteroatoms. The lowest BCUT2D eigenvalue weighted by atomic mass is 10.1. The molecule has 0 saturated heterocycles. The predicted molar refractivity (Wildman–Crippen MR) is 76.6 cm³/mol. The summed E-state index contributed by atoms with van der Waals surface area (Å²) in [5, 5.41) is 0. The summed E-state index contributed by atoms with van der Waals surface area (Å²) >= 11 is 0. The molecule has 0 aliphatic carbocycles. The van der Waals surface area contributed by atoms with Gasteiger partial charge in [0.1, 0.15) is 17.6 Å². The van der Waals surface area contributed by atoms with Crippen LogP contribution in [0.2, 0.25) is 0 Å². The summed E-state index contributed by atoms with van der Waals surface area (Å²) < 4.78 is 11.1. The van der Waals surface area contributed by atoms with Crippen LogP contribution >= 0.6 is 0 Å². The molecule has 2 rings (SSSR count). The number of hydrogen-bond donors (Lipinski definition) is 1. The van der Waals surface area contributed by atoms with Crippen LogP contribution in [0.25, 0.3) is 0 Å². The standard InChI is InChI=1S/C16H19NO2/c1-12-6-8-13(9-7-12)16(11-17)19-15-5-3-4-14(10-15)18-2/h3-10,16H,11,17H2,1-2H3. The Morgan fingerprint density at radius 2 is 1.74 bits per heavy atom. The number of hydrogen-bond acceptors (Lipinski definition) is 3. The Kier molecular flexibility index (Phi) is 4.42. The van der Waals surface area contributed by atoms with Crippen molar-refractivity contribution in [3.05, 3.63) is 59.7 Å². The molecule has 0 heterocycles. The molecular weight excluding hydrogens is 238 g/mol. The van der Waals surface area contributed by atoms with Gasteiger partial charge in [0.05, 0.1) is 7.11 Å². The molecule has 1 atom stereocenters. The van der Waals surface area contributed by atoms with Gasteiger partial charge in [0.25, 0.3) is 0 Å². The predicted octanol–water partition coefficient (Wildman–Crippen LogP) is 3.08. The van der Waals surface area contributed by atoms with E-state index in [0.717, 1.165) is 17.1 Å². The van der Waals surface area contributed by atoms with Crippen molar-refractivity contribution in [1.29, 1.82) is 0 Å². The molecule has 0 saturated carbocycles. The summed E-state index contributed by atoms with van der Waals surface area (Å²) in [5.41, 5.74) is 8.11. The third-order valence-corrected chi connectivity index (χ3v) is 2.98. The van der Waals surface area contributed by atoms with Gasteiger partial charge < -0.3 is 15.2 Å². The average molecular weight is 257 g/mol. The summed E-state index contributed by atoms with van der Waals surface area (Å²) in [6.45, 7) is 2.49. The van der Waals surface area contributed by atoms with Gasteiger partial charge in [-0.1, -0.05) is 35.9 Å². The molecule has 3 nitrogen and oxygen atoms in total. The van der Waals surface area contributed by atoms with Crippen LogP contribution in [0.15, 0.2) is 48.5 Å². The molecule has 0 spiro atoms. The molecule has 1 unspecified atom stereocenters. The zero-order valence-corrected chi connectivity index (χ0v) is 11.3. The van der Waals surface area contributed by atoms with Gasteiger partial charge in [-0.05, 0) is 24.6 Å². The molecule has 0 bridgehead atoms. The smallest absolute Gasteiger partial charge is 0.136 e. The molecule has 0 radical (unpaired) electrons. The highest BCUT2D eigenvalue weighted by Crippen LogP contribution is 2.25. The van der Waals surface area contributed by atoms with E-state index in [4.69, 9.17) is 15.2 Å². The summed E-state index contributed by atoms with van der Waals surface area (Å²) in [5.74, 6) is 1.53. The molecule has 0 amide bonds. The third-order valence-electron chi connectivity index (χ3n) is 2.98. The summed E-state index contributed by atoms with van der Waals surface area (Å²) in [4.78, 5) is 0. The van der Waals surface area contributed by atoms with E-state index < -0.39 is 0 Å². The fourth-order valence-corrected chi connectivity index (χ4v) is 1.87. The molecule has 2 aromatic rings. The van der Waals surface area contributed by atoms with Gasteiger partial charge in [-0.3, -0.25) is 0 Å². The van der Waals surface area contributed by atoms with Gasteiger partial charge in [0.15, 0.2) is 0 Å². The number of rotatable bonds is 5. The maximum atomic E-state index is 5.93. The number of ether oxygens (including phenoxy) is 2. The van der Waals surface area contributed by atoms with Crippen LogP contribution in [0.4, 0.5) is 0 Å². The minimum absolute atomic E-state index is 0.146. The van der Waals surface area contributed by atoms with Gasteiger partial charge >= 0.3 is 0 Å². The zero-order chi connectivity index (χ0) is 13.7.